The van der Waals surface area contributed by atoms with Crippen LogP contribution in [0.4, 0.5) is 26.3 Å². The van der Waals surface area contributed by atoms with Crippen molar-refractivity contribution in [2.45, 2.75) is 26.6 Å². The Kier molecular flexibility index (Phi) is 6.46. The fourth-order valence-corrected chi connectivity index (χ4v) is 3.20. The molecular formula is C22H17F6NO4. The number of alkyl halides is 3. The fraction of sp³-hybridized carbons (Fsp3) is 0.227. The van der Waals surface area contributed by atoms with Crippen LogP contribution in [-0.4, -0.2) is 17.2 Å². The third-order valence-electron chi connectivity index (χ3n) is 5.03. The van der Waals surface area contributed by atoms with E-state index in [0.717, 1.165) is 13.2 Å². The van der Waals surface area contributed by atoms with Crippen molar-refractivity contribution in [2.75, 3.05) is 7.11 Å². The molecule has 3 rings (SSSR count). The Bertz CT molecular complexity index is 1280. The normalized spacial score (nSPS) is 11.6. The van der Waals surface area contributed by atoms with E-state index < -0.39 is 58.5 Å². The number of aromatic nitrogens is 1. The van der Waals surface area contributed by atoms with Gasteiger partial charge in [0, 0.05) is 22.4 Å². The molecule has 176 valence electrons. The maximum Gasteiger partial charge on any atom is 0.419 e. The number of H-pyrrole nitrogens is 1. The lowest BCUT2D eigenvalue weighted by Gasteiger charge is -2.19. The van der Waals surface area contributed by atoms with Crippen LogP contribution in [0, 0.1) is 31.3 Å². The molecule has 5 nitrogen and oxygen atoms in total. The van der Waals surface area contributed by atoms with Crippen LogP contribution in [0.1, 0.15) is 22.4 Å². The quantitative estimate of drug-likeness (QED) is 0.488. The Labute approximate surface area is 183 Å². The topological polar surface area (TPSA) is 71.5 Å². The predicted octanol–water partition coefficient (Wildman–Crippen LogP) is 5.39. The van der Waals surface area contributed by atoms with Crippen LogP contribution in [0.5, 0.6) is 17.2 Å². The minimum absolute atomic E-state index is 0.199. The van der Waals surface area contributed by atoms with E-state index in [0.29, 0.717) is 23.9 Å². The van der Waals surface area contributed by atoms with Gasteiger partial charge in [0.2, 0.25) is 11.6 Å². The van der Waals surface area contributed by atoms with Crippen molar-refractivity contribution in [3.05, 3.63) is 74.3 Å². The molecule has 0 aliphatic rings. The van der Waals surface area contributed by atoms with Crippen molar-refractivity contribution in [3.63, 3.8) is 0 Å². The maximum atomic E-state index is 14.5. The number of halogens is 6. The highest BCUT2D eigenvalue weighted by molar-refractivity contribution is 5.72. The summed E-state index contributed by atoms with van der Waals surface area (Å²) in [5, 5.41) is 9.71. The number of aromatic amines is 1. The molecule has 1 heterocycles. The number of benzene rings is 2. The van der Waals surface area contributed by atoms with E-state index in [-0.39, 0.29) is 22.4 Å². The van der Waals surface area contributed by atoms with Crippen molar-refractivity contribution in [3.8, 4) is 28.5 Å². The number of aliphatic hydroxyl groups excluding tert-OH is 1. The van der Waals surface area contributed by atoms with Crippen LogP contribution >= 0.6 is 0 Å². The third-order valence-corrected chi connectivity index (χ3v) is 5.03. The van der Waals surface area contributed by atoms with Gasteiger partial charge in [0.05, 0.1) is 25.0 Å². The van der Waals surface area contributed by atoms with Crippen LogP contribution in [0.2, 0.25) is 0 Å². The first-order valence-electron chi connectivity index (χ1n) is 9.34. The Morgan fingerprint density at radius 1 is 1.03 bits per heavy atom. The van der Waals surface area contributed by atoms with Crippen LogP contribution in [0.25, 0.3) is 11.3 Å². The lowest BCUT2D eigenvalue weighted by atomic mass is 9.99. The molecular weight excluding hydrogens is 456 g/mol. The molecule has 0 spiro atoms. The zero-order chi connectivity index (χ0) is 24.7. The number of pyridine rings is 1. The van der Waals surface area contributed by atoms with E-state index in [1.165, 1.54) is 13.8 Å². The average molecular weight is 473 g/mol. The molecule has 0 bridgehead atoms. The van der Waals surface area contributed by atoms with Crippen LogP contribution in [0.3, 0.4) is 0 Å². The lowest BCUT2D eigenvalue weighted by Crippen LogP contribution is -2.17. The molecule has 0 atom stereocenters. The SMILES string of the molecule is COc1c(Oc2cc(C(F)(F)F)c(F)cc2-c2[nH]c(C)c(C)c(=O)c2CO)ccc(F)c1F. The summed E-state index contributed by atoms with van der Waals surface area (Å²) in [7, 11) is 0.988. The van der Waals surface area contributed by atoms with Gasteiger partial charge in [-0.1, -0.05) is 0 Å². The summed E-state index contributed by atoms with van der Waals surface area (Å²) in [6.45, 7) is 2.15. The second-order valence-electron chi connectivity index (χ2n) is 7.04. The van der Waals surface area contributed by atoms with Gasteiger partial charge >= 0.3 is 6.18 Å². The molecule has 3 aromatic rings. The van der Waals surface area contributed by atoms with Gasteiger partial charge in [-0.05, 0) is 38.1 Å². The monoisotopic (exact) mass is 473 g/mol. The zero-order valence-corrected chi connectivity index (χ0v) is 17.5. The molecule has 0 radical (unpaired) electrons. The van der Waals surface area contributed by atoms with Gasteiger partial charge in [0.1, 0.15) is 11.6 Å². The average Bonchev–Trinajstić information content (AvgIpc) is 2.74. The molecule has 0 saturated heterocycles. The van der Waals surface area contributed by atoms with Gasteiger partial charge in [0.15, 0.2) is 17.0 Å². The molecule has 2 N–H and O–H groups in total. The number of methoxy groups -OCH3 is 1. The van der Waals surface area contributed by atoms with E-state index in [1.54, 1.807) is 0 Å². The van der Waals surface area contributed by atoms with Gasteiger partial charge in [-0.2, -0.15) is 17.6 Å². The second kappa shape index (κ2) is 8.81. The van der Waals surface area contributed by atoms with Gasteiger partial charge in [-0.25, -0.2) is 8.78 Å². The van der Waals surface area contributed by atoms with E-state index in [4.69, 9.17) is 9.47 Å². The molecule has 0 aliphatic carbocycles. The first-order chi connectivity index (χ1) is 15.4. The second-order valence-corrected chi connectivity index (χ2v) is 7.04. The highest BCUT2D eigenvalue weighted by Gasteiger charge is 2.36. The Hall–Kier alpha value is -3.47. The lowest BCUT2D eigenvalue weighted by molar-refractivity contribution is -0.140. The number of hydrogen-bond acceptors (Lipinski definition) is 4. The summed E-state index contributed by atoms with van der Waals surface area (Å²) in [4.78, 5) is 15.3. The van der Waals surface area contributed by atoms with E-state index in [2.05, 4.69) is 4.98 Å². The number of nitrogens with one attached hydrogen (secondary N) is 1. The highest BCUT2D eigenvalue weighted by Crippen LogP contribution is 2.43. The Morgan fingerprint density at radius 3 is 2.27 bits per heavy atom. The molecule has 0 fully saturated rings. The van der Waals surface area contributed by atoms with Crippen molar-refractivity contribution in [2.24, 2.45) is 0 Å². The molecule has 2 aromatic carbocycles. The van der Waals surface area contributed by atoms with Crippen molar-refractivity contribution >= 4 is 0 Å². The van der Waals surface area contributed by atoms with Crippen LogP contribution < -0.4 is 14.9 Å². The number of rotatable bonds is 5. The fourth-order valence-electron chi connectivity index (χ4n) is 3.20. The Balaban J connectivity index is 2.35. The first kappa shape index (κ1) is 24.2. The standard InChI is InChI=1S/C22H17F6NO4/c1-9-10(2)29-19(12(8-30)20(9)31)11-6-15(24)13(22(26,27)28)7-17(11)33-16-5-4-14(23)18(25)21(16)32-3/h4-7,30H,8H2,1-3H3,(H,29,31). The minimum Gasteiger partial charge on any atom is -0.490 e. The summed E-state index contributed by atoms with van der Waals surface area (Å²) in [5.41, 5.74) is -2.57. The molecule has 33 heavy (non-hydrogen) atoms. The maximum absolute atomic E-state index is 14.5. The van der Waals surface area contributed by atoms with Gasteiger partial charge in [0.25, 0.3) is 0 Å². The third kappa shape index (κ3) is 4.40. The number of aryl methyl sites for hydroxylation is 1. The summed E-state index contributed by atoms with van der Waals surface area (Å²) in [6, 6.07) is 2.37. The largest absolute Gasteiger partial charge is 0.490 e. The van der Waals surface area contributed by atoms with Gasteiger partial charge in [-0.3, -0.25) is 4.79 Å². The summed E-state index contributed by atoms with van der Waals surface area (Å²) in [5.74, 6) is -6.32. The number of hydrogen-bond donors (Lipinski definition) is 2. The summed E-state index contributed by atoms with van der Waals surface area (Å²) in [6.07, 6.45) is -5.12. The van der Waals surface area contributed by atoms with Crippen molar-refractivity contribution < 1.29 is 40.9 Å². The number of ether oxygens (including phenoxy) is 2. The first-order valence-corrected chi connectivity index (χ1v) is 9.34. The molecule has 0 amide bonds. The van der Waals surface area contributed by atoms with Crippen LogP contribution in [0.15, 0.2) is 29.1 Å². The molecule has 0 aliphatic heterocycles. The summed E-state index contributed by atoms with van der Waals surface area (Å²) < 4.78 is 92.4. The predicted molar refractivity (Wildman–Crippen MR) is 106 cm³/mol. The Morgan fingerprint density at radius 2 is 1.70 bits per heavy atom. The highest BCUT2D eigenvalue weighted by atomic mass is 19.4. The zero-order valence-electron chi connectivity index (χ0n) is 17.5. The van der Waals surface area contributed by atoms with E-state index in [9.17, 15) is 36.2 Å². The molecule has 0 saturated carbocycles. The summed E-state index contributed by atoms with van der Waals surface area (Å²) >= 11 is 0. The van der Waals surface area contributed by atoms with E-state index in [1.807, 2.05) is 0 Å². The van der Waals surface area contributed by atoms with Crippen LogP contribution in [-0.2, 0) is 12.8 Å². The number of aliphatic hydroxyl groups is 1. The smallest absolute Gasteiger partial charge is 0.419 e. The van der Waals surface area contributed by atoms with Gasteiger partial charge in [-0.15, -0.1) is 0 Å². The molecule has 0 unspecified atom stereocenters. The minimum atomic E-state index is -5.12. The molecule has 1 aromatic heterocycles. The van der Waals surface area contributed by atoms with Crippen molar-refractivity contribution in [1.82, 2.24) is 4.98 Å². The van der Waals surface area contributed by atoms with Gasteiger partial charge < -0.3 is 19.6 Å². The van der Waals surface area contributed by atoms with Crippen molar-refractivity contribution in [1.29, 1.82) is 0 Å². The van der Waals surface area contributed by atoms with E-state index >= 15 is 0 Å². The molecule has 11 heteroatoms.